The van der Waals surface area contributed by atoms with E-state index < -0.39 is 6.04 Å². The Kier molecular flexibility index (Phi) is 6.84. The molecule has 1 aromatic rings. The largest absolute Gasteiger partial charge is 0.382 e. The Balaban J connectivity index is 1.35. The lowest BCUT2D eigenvalue weighted by molar-refractivity contribution is -0.136. The van der Waals surface area contributed by atoms with Crippen molar-refractivity contribution in [2.75, 3.05) is 44.7 Å². The van der Waals surface area contributed by atoms with Crippen LogP contribution in [0.4, 0.5) is 5.69 Å². The lowest BCUT2D eigenvalue weighted by atomic mass is 10.0. The number of carbonyl (C=O) groups excluding carboxylic acids is 3. The summed E-state index contributed by atoms with van der Waals surface area (Å²) in [7, 11) is 0. The number of likely N-dealkylation sites (tertiary alicyclic amines) is 1. The minimum absolute atomic E-state index is 0.138. The fraction of sp³-hybridized carbons (Fsp3) is 0.591. The van der Waals surface area contributed by atoms with Gasteiger partial charge in [-0.1, -0.05) is 6.07 Å². The maximum absolute atomic E-state index is 13.0. The number of hydrogen-bond acceptors (Lipinski definition) is 7. The molecule has 1 unspecified atom stereocenters. The number of imide groups is 1. The number of anilines is 1. The summed E-state index contributed by atoms with van der Waals surface area (Å²) in [5.74, 6) is -0.791. The van der Waals surface area contributed by atoms with E-state index in [-0.39, 0.29) is 24.1 Å². The van der Waals surface area contributed by atoms with Crippen molar-refractivity contribution in [2.24, 2.45) is 5.73 Å². The van der Waals surface area contributed by atoms with Crippen LogP contribution < -0.4 is 16.4 Å². The first kappa shape index (κ1) is 21.7. The molecule has 1 aromatic carbocycles. The minimum Gasteiger partial charge on any atom is -0.382 e. The summed E-state index contributed by atoms with van der Waals surface area (Å²) >= 11 is 0. The van der Waals surface area contributed by atoms with Gasteiger partial charge in [-0.25, -0.2) is 0 Å². The van der Waals surface area contributed by atoms with E-state index in [2.05, 4.69) is 15.5 Å². The van der Waals surface area contributed by atoms with Crippen LogP contribution in [0.5, 0.6) is 0 Å². The summed E-state index contributed by atoms with van der Waals surface area (Å²) in [5.41, 5.74) is 7.99. The molecule has 4 rings (SSSR count). The normalized spacial score (nSPS) is 22.5. The van der Waals surface area contributed by atoms with Gasteiger partial charge in [0.2, 0.25) is 11.8 Å². The molecule has 0 aromatic heterocycles. The SMILES string of the molecule is NCCOCCN1CCC(Nc2cccc3c2CN(C2CCC(=O)NC2=O)C3=O)CC1. The number of benzene rings is 1. The number of hydrogen-bond donors (Lipinski definition) is 3. The third-order valence-electron chi connectivity index (χ3n) is 6.34. The third kappa shape index (κ3) is 4.89. The van der Waals surface area contributed by atoms with E-state index in [0.717, 1.165) is 43.7 Å². The molecule has 3 amide bonds. The predicted molar refractivity (Wildman–Crippen MR) is 115 cm³/mol. The first-order valence-electron chi connectivity index (χ1n) is 11.1. The standard InChI is InChI=1S/C22H31N5O4/c23-8-12-31-13-11-26-9-6-15(7-10-26)24-18-3-1-2-16-17(18)14-27(22(16)30)19-4-5-20(28)25-21(19)29/h1-3,15,19,24H,4-14,23H2,(H,25,28,29). The molecule has 0 saturated carbocycles. The summed E-state index contributed by atoms with van der Waals surface area (Å²) in [6, 6.07) is 5.46. The lowest BCUT2D eigenvalue weighted by Crippen LogP contribution is -2.52. The molecular formula is C22H31N5O4. The molecule has 2 saturated heterocycles. The zero-order valence-electron chi connectivity index (χ0n) is 17.8. The number of carbonyl (C=O) groups is 3. The second kappa shape index (κ2) is 9.76. The van der Waals surface area contributed by atoms with E-state index in [9.17, 15) is 14.4 Å². The van der Waals surface area contributed by atoms with Crippen LogP contribution in [-0.4, -0.2) is 79.0 Å². The molecular weight excluding hydrogens is 398 g/mol. The molecule has 2 fully saturated rings. The average molecular weight is 430 g/mol. The molecule has 3 heterocycles. The zero-order chi connectivity index (χ0) is 21.8. The summed E-state index contributed by atoms with van der Waals surface area (Å²) < 4.78 is 5.48. The number of ether oxygens (including phenoxy) is 1. The van der Waals surface area contributed by atoms with E-state index >= 15 is 0 Å². The Labute approximate surface area is 182 Å². The predicted octanol–water partition coefficient (Wildman–Crippen LogP) is 0.299. The van der Waals surface area contributed by atoms with Crippen LogP contribution in [0.25, 0.3) is 0 Å². The third-order valence-corrected chi connectivity index (χ3v) is 6.34. The van der Waals surface area contributed by atoms with Crippen LogP contribution >= 0.6 is 0 Å². The second-order valence-electron chi connectivity index (χ2n) is 8.39. The van der Waals surface area contributed by atoms with E-state index in [1.165, 1.54) is 0 Å². The Morgan fingerprint density at radius 3 is 2.68 bits per heavy atom. The Hall–Kier alpha value is -2.49. The highest BCUT2D eigenvalue weighted by molar-refractivity contribution is 6.06. The minimum atomic E-state index is -0.588. The molecule has 0 radical (unpaired) electrons. The summed E-state index contributed by atoms with van der Waals surface area (Å²) in [6.07, 6.45) is 2.68. The number of nitrogens with one attached hydrogen (secondary N) is 2. The number of rotatable bonds is 8. The number of piperidine rings is 2. The maximum atomic E-state index is 13.0. The smallest absolute Gasteiger partial charge is 0.255 e. The molecule has 31 heavy (non-hydrogen) atoms. The average Bonchev–Trinajstić information content (AvgIpc) is 3.10. The van der Waals surface area contributed by atoms with Gasteiger partial charge in [-0.05, 0) is 31.4 Å². The van der Waals surface area contributed by atoms with Crippen LogP contribution in [0.3, 0.4) is 0 Å². The molecule has 4 N–H and O–H groups in total. The maximum Gasteiger partial charge on any atom is 0.255 e. The highest BCUT2D eigenvalue weighted by atomic mass is 16.5. The molecule has 0 aliphatic carbocycles. The number of fused-ring (bicyclic) bond motifs is 1. The zero-order valence-corrected chi connectivity index (χ0v) is 17.8. The number of nitrogens with zero attached hydrogens (tertiary/aromatic N) is 2. The van der Waals surface area contributed by atoms with Gasteiger partial charge < -0.3 is 25.6 Å². The van der Waals surface area contributed by atoms with Gasteiger partial charge in [-0.3, -0.25) is 19.7 Å². The van der Waals surface area contributed by atoms with Crippen LogP contribution in [0, 0.1) is 0 Å². The Morgan fingerprint density at radius 1 is 1.13 bits per heavy atom. The first-order valence-corrected chi connectivity index (χ1v) is 11.1. The molecule has 9 heteroatoms. The van der Waals surface area contributed by atoms with Crippen LogP contribution in [-0.2, 0) is 20.9 Å². The van der Waals surface area contributed by atoms with Gasteiger partial charge in [0.05, 0.1) is 13.2 Å². The Morgan fingerprint density at radius 2 is 1.94 bits per heavy atom. The number of amides is 3. The van der Waals surface area contributed by atoms with Gasteiger partial charge in [-0.15, -0.1) is 0 Å². The van der Waals surface area contributed by atoms with Gasteiger partial charge in [-0.2, -0.15) is 0 Å². The quantitative estimate of drug-likeness (QED) is 0.402. The van der Waals surface area contributed by atoms with Gasteiger partial charge in [0, 0.05) is 62.0 Å². The fourth-order valence-corrected chi connectivity index (χ4v) is 4.62. The molecule has 9 nitrogen and oxygen atoms in total. The second-order valence-corrected chi connectivity index (χ2v) is 8.39. The van der Waals surface area contributed by atoms with Crippen molar-refractivity contribution >= 4 is 23.4 Å². The van der Waals surface area contributed by atoms with Crippen LogP contribution in [0.1, 0.15) is 41.6 Å². The van der Waals surface area contributed by atoms with E-state index in [1.54, 1.807) is 4.90 Å². The van der Waals surface area contributed by atoms with Crippen molar-refractivity contribution in [3.05, 3.63) is 29.3 Å². The molecule has 3 aliphatic rings. The highest BCUT2D eigenvalue weighted by Crippen LogP contribution is 2.33. The fourth-order valence-electron chi connectivity index (χ4n) is 4.62. The van der Waals surface area contributed by atoms with Crippen molar-refractivity contribution in [1.82, 2.24) is 15.1 Å². The van der Waals surface area contributed by atoms with Crippen molar-refractivity contribution < 1.29 is 19.1 Å². The summed E-state index contributed by atoms with van der Waals surface area (Å²) in [4.78, 5) is 40.7. The monoisotopic (exact) mass is 429 g/mol. The molecule has 1 atom stereocenters. The Bertz CT molecular complexity index is 837. The van der Waals surface area contributed by atoms with Gasteiger partial charge in [0.1, 0.15) is 6.04 Å². The van der Waals surface area contributed by atoms with Crippen molar-refractivity contribution in [1.29, 1.82) is 0 Å². The van der Waals surface area contributed by atoms with Crippen LogP contribution in [0.15, 0.2) is 18.2 Å². The lowest BCUT2D eigenvalue weighted by Gasteiger charge is -2.33. The highest BCUT2D eigenvalue weighted by Gasteiger charge is 2.40. The summed E-state index contributed by atoms with van der Waals surface area (Å²) in [5, 5.41) is 5.98. The van der Waals surface area contributed by atoms with Gasteiger partial charge in [0.15, 0.2) is 0 Å². The van der Waals surface area contributed by atoms with E-state index in [0.29, 0.717) is 44.3 Å². The van der Waals surface area contributed by atoms with E-state index in [1.807, 2.05) is 18.2 Å². The number of nitrogens with two attached hydrogens (primary N) is 1. The van der Waals surface area contributed by atoms with Crippen LogP contribution in [0.2, 0.25) is 0 Å². The molecule has 168 valence electrons. The van der Waals surface area contributed by atoms with E-state index in [4.69, 9.17) is 10.5 Å². The van der Waals surface area contributed by atoms with Crippen molar-refractivity contribution in [3.63, 3.8) is 0 Å². The molecule has 3 aliphatic heterocycles. The molecule has 0 bridgehead atoms. The van der Waals surface area contributed by atoms with Gasteiger partial charge >= 0.3 is 0 Å². The van der Waals surface area contributed by atoms with Gasteiger partial charge in [0.25, 0.3) is 5.91 Å². The molecule has 0 spiro atoms. The van der Waals surface area contributed by atoms with Crippen molar-refractivity contribution in [2.45, 2.75) is 44.3 Å². The summed E-state index contributed by atoms with van der Waals surface area (Å²) in [6.45, 7) is 5.17. The first-order chi connectivity index (χ1) is 15.1. The topological polar surface area (TPSA) is 117 Å². The van der Waals surface area contributed by atoms with Crippen molar-refractivity contribution in [3.8, 4) is 0 Å².